The van der Waals surface area contributed by atoms with Crippen LogP contribution in [0.15, 0.2) is 60.7 Å². The molecule has 38 heavy (non-hydrogen) atoms. The van der Waals surface area contributed by atoms with E-state index in [4.69, 9.17) is 9.47 Å². The number of alkyl carbamates (subject to hydrolysis) is 1. The van der Waals surface area contributed by atoms with Gasteiger partial charge in [0.1, 0.15) is 30.1 Å². The minimum absolute atomic E-state index is 0.0611. The Hall–Kier alpha value is -4.20. The van der Waals surface area contributed by atoms with Crippen molar-refractivity contribution in [3.63, 3.8) is 0 Å². The molecule has 7 nitrogen and oxygen atoms in total. The number of rotatable bonds is 9. The fraction of sp³-hybridized carbons (Fsp3) is 0.300. The quantitative estimate of drug-likeness (QED) is 0.375. The molecule has 0 radical (unpaired) electrons. The first-order chi connectivity index (χ1) is 18.0. The third-order valence-corrected chi connectivity index (χ3v) is 5.53. The van der Waals surface area contributed by atoms with Gasteiger partial charge in [0.05, 0.1) is 0 Å². The van der Waals surface area contributed by atoms with Crippen molar-refractivity contribution in [1.29, 1.82) is 0 Å². The Kier molecular flexibility index (Phi) is 9.23. The summed E-state index contributed by atoms with van der Waals surface area (Å²) in [6.07, 6.45) is 0.384. The van der Waals surface area contributed by atoms with E-state index in [9.17, 15) is 14.4 Å². The van der Waals surface area contributed by atoms with Crippen LogP contribution in [-0.4, -0.2) is 42.9 Å². The van der Waals surface area contributed by atoms with Gasteiger partial charge in [-0.3, -0.25) is 4.79 Å². The second kappa shape index (κ2) is 12.4. The van der Waals surface area contributed by atoms with Gasteiger partial charge in [0.15, 0.2) is 0 Å². The van der Waals surface area contributed by atoms with Gasteiger partial charge < -0.3 is 24.5 Å². The van der Waals surface area contributed by atoms with Crippen LogP contribution in [0.2, 0.25) is 0 Å². The Morgan fingerprint density at radius 1 is 1.00 bits per heavy atom. The van der Waals surface area contributed by atoms with Gasteiger partial charge in [-0.25, -0.2) is 9.18 Å². The number of hydrogen-bond acceptors (Lipinski definition) is 5. The molecular weight excluding hydrogens is 487 g/mol. The van der Waals surface area contributed by atoms with Crippen LogP contribution < -0.4 is 10.1 Å². The number of nitrogens with zero attached hydrogens (tertiary/aromatic N) is 1. The van der Waals surface area contributed by atoms with Crippen LogP contribution in [-0.2, 0) is 29.1 Å². The summed E-state index contributed by atoms with van der Waals surface area (Å²) < 4.78 is 26.8. The van der Waals surface area contributed by atoms with E-state index in [0.717, 1.165) is 11.8 Å². The van der Waals surface area contributed by atoms with Gasteiger partial charge in [0, 0.05) is 49.3 Å². The van der Waals surface area contributed by atoms with Crippen LogP contribution in [0.1, 0.15) is 47.8 Å². The van der Waals surface area contributed by atoms with E-state index in [-0.39, 0.29) is 36.6 Å². The van der Waals surface area contributed by atoms with Crippen LogP contribution in [0.3, 0.4) is 0 Å². The first kappa shape index (κ1) is 28.4. The molecule has 0 fully saturated rings. The smallest absolute Gasteiger partial charge is 0.407 e. The van der Waals surface area contributed by atoms with Gasteiger partial charge >= 0.3 is 6.09 Å². The molecule has 2 amide bonds. The summed E-state index contributed by atoms with van der Waals surface area (Å²) in [5.74, 6) is -0.189. The lowest BCUT2D eigenvalue weighted by Crippen LogP contribution is -2.32. The molecule has 0 aliphatic carbocycles. The van der Waals surface area contributed by atoms with Gasteiger partial charge in [-0.05, 0) is 56.2 Å². The Bertz CT molecular complexity index is 1310. The summed E-state index contributed by atoms with van der Waals surface area (Å²) in [5.41, 5.74) is 2.17. The summed E-state index contributed by atoms with van der Waals surface area (Å²) >= 11 is 0. The molecule has 0 saturated heterocycles. The standard InChI is InChI=1S/C30H33FN2O5/c1-30(2,3)38-29(36)32-18-22-10-8-11-25(27(22)31)23-15-20(16-24(17-23)28(35)33(4)5)19-37-26-12-7-6-9-21(26)13-14-34/h6-12,14-17H,13,18-19H2,1-5H3,(H,32,36). The highest BCUT2D eigenvalue weighted by Crippen LogP contribution is 2.29. The Labute approximate surface area is 222 Å². The van der Waals surface area contributed by atoms with Crippen molar-refractivity contribution in [2.75, 3.05) is 14.1 Å². The highest BCUT2D eigenvalue weighted by atomic mass is 19.1. The average molecular weight is 521 g/mol. The van der Waals surface area contributed by atoms with Gasteiger partial charge in [-0.15, -0.1) is 0 Å². The molecule has 0 bridgehead atoms. The van der Waals surface area contributed by atoms with Gasteiger partial charge in [-0.2, -0.15) is 0 Å². The summed E-state index contributed by atoms with van der Waals surface area (Å²) in [4.78, 5) is 37.3. The van der Waals surface area contributed by atoms with E-state index >= 15 is 4.39 Å². The maximum atomic E-state index is 15.6. The lowest BCUT2D eigenvalue weighted by molar-refractivity contribution is -0.107. The van der Waals surface area contributed by atoms with Crippen LogP contribution in [0.4, 0.5) is 9.18 Å². The third kappa shape index (κ3) is 7.65. The number of carbonyl (C=O) groups excluding carboxylic acids is 3. The molecule has 3 rings (SSSR count). The molecule has 0 aliphatic heterocycles. The molecule has 0 spiro atoms. The van der Waals surface area contributed by atoms with E-state index in [1.165, 1.54) is 4.90 Å². The van der Waals surface area contributed by atoms with Crippen molar-refractivity contribution in [2.24, 2.45) is 0 Å². The van der Waals surface area contributed by atoms with E-state index < -0.39 is 17.5 Å². The van der Waals surface area contributed by atoms with Crippen LogP contribution >= 0.6 is 0 Å². The first-order valence-corrected chi connectivity index (χ1v) is 12.2. The Morgan fingerprint density at radius 2 is 1.71 bits per heavy atom. The lowest BCUT2D eigenvalue weighted by Gasteiger charge is -2.20. The van der Waals surface area contributed by atoms with E-state index in [1.807, 2.05) is 18.2 Å². The van der Waals surface area contributed by atoms with Gasteiger partial charge in [0.2, 0.25) is 0 Å². The highest BCUT2D eigenvalue weighted by molar-refractivity contribution is 5.95. The zero-order valence-electron chi connectivity index (χ0n) is 22.3. The summed E-state index contributed by atoms with van der Waals surface area (Å²) in [7, 11) is 3.29. The minimum atomic E-state index is -0.671. The first-order valence-electron chi connectivity index (χ1n) is 12.2. The molecule has 0 atom stereocenters. The molecule has 0 aromatic heterocycles. The number of halogens is 1. The average Bonchev–Trinajstić information content (AvgIpc) is 2.86. The maximum absolute atomic E-state index is 15.6. The predicted octanol–water partition coefficient (Wildman–Crippen LogP) is 5.54. The Balaban J connectivity index is 1.93. The summed E-state index contributed by atoms with van der Waals surface area (Å²) in [6, 6.07) is 17.2. The van der Waals surface area contributed by atoms with E-state index in [0.29, 0.717) is 22.4 Å². The second-order valence-electron chi connectivity index (χ2n) is 10.0. The van der Waals surface area contributed by atoms with Crippen molar-refractivity contribution >= 4 is 18.3 Å². The zero-order valence-corrected chi connectivity index (χ0v) is 22.3. The number of carbonyl (C=O) groups is 3. The highest BCUT2D eigenvalue weighted by Gasteiger charge is 2.18. The molecule has 0 aliphatic rings. The monoisotopic (exact) mass is 520 g/mol. The van der Waals surface area contributed by atoms with Crippen LogP contribution in [0.25, 0.3) is 11.1 Å². The van der Waals surface area contributed by atoms with Crippen LogP contribution in [0, 0.1) is 5.82 Å². The third-order valence-electron chi connectivity index (χ3n) is 5.53. The van der Waals surface area contributed by atoms with E-state index in [1.54, 1.807) is 77.3 Å². The van der Waals surface area contributed by atoms with Crippen molar-refractivity contribution in [3.8, 4) is 16.9 Å². The number of hydrogen-bond donors (Lipinski definition) is 1. The van der Waals surface area contributed by atoms with Gasteiger partial charge in [-0.1, -0.05) is 36.4 Å². The lowest BCUT2D eigenvalue weighted by atomic mass is 9.97. The van der Waals surface area contributed by atoms with Crippen molar-refractivity contribution < 1.29 is 28.2 Å². The summed E-state index contributed by atoms with van der Waals surface area (Å²) in [6.45, 7) is 5.29. The molecule has 8 heteroatoms. The fourth-order valence-corrected chi connectivity index (χ4v) is 3.80. The fourth-order valence-electron chi connectivity index (χ4n) is 3.80. The maximum Gasteiger partial charge on any atom is 0.407 e. The number of aldehydes is 1. The molecule has 3 aromatic rings. The molecule has 0 saturated carbocycles. The minimum Gasteiger partial charge on any atom is -0.489 e. The number of benzene rings is 3. The summed E-state index contributed by atoms with van der Waals surface area (Å²) in [5, 5.41) is 2.58. The normalized spacial score (nSPS) is 11.0. The van der Waals surface area contributed by atoms with Crippen molar-refractivity contribution in [3.05, 3.63) is 88.7 Å². The molecule has 0 unspecified atom stereocenters. The predicted molar refractivity (Wildman–Crippen MR) is 143 cm³/mol. The Morgan fingerprint density at radius 3 is 2.39 bits per heavy atom. The van der Waals surface area contributed by atoms with Crippen molar-refractivity contribution in [2.45, 2.75) is 45.9 Å². The molecule has 1 N–H and O–H groups in total. The SMILES string of the molecule is CN(C)C(=O)c1cc(COc2ccccc2CC=O)cc(-c2cccc(CNC(=O)OC(C)(C)C)c2F)c1. The molecular formula is C30H33FN2O5. The zero-order chi connectivity index (χ0) is 27.9. The largest absolute Gasteiger partial charge is 0.489 e. The second-order valence-corrected chi connectivity index (χ2v) is 10.0. The molecule has 3 aromatic carbocycles. The van der Waals surface area contributed by atoms with E-state index in [2.05, 4.69) is 5.32 Å². The van der Waals surface area contributed by atoms with Crippen LogP contribution in [0.5, 0.6) is 5.75 Å². The molecule has 0 heterocycles. The van der Waals surface area contributed by atoms with Gasteiger partial charge in [0.25, 0.3) is 5.91 Å². The molecule has 200 valence electrons. The number of para-hydroxylation sites is 1. The number of amides is 2. The number of nitrogens with one attached hydrogen (secondary N) is 1. The van der Waals surface area contributed by atoms with Crippen molar-refractivity contribution in [1.82, 2.24) is 10.2 Å². The topological polar surface area (TPSA) is 84.9 Å². The number of ether oxygens (including phenoxy) is 2.